The van der Waals surface area contributed by atoms with Crippen LogP contribution >= 0.6 is 11.8 Å². The predicted octanol–water partition coefficient (Wildman–Crippen LogP) is 4.20. The maximum Gasteiger partial charge on any atom is 0.283 e. The highest BCUT2D eigenvalue weighted by Gasteiger charge is 2.21. The number of nitro benzene ring substituents is 1. The van der Waals surface area contributed by atoms with Crippen LogP contribution in [0.3, 0.4) is 0 Å². The van der Waals surface area contributed by atoms with E-state index in [2.05, 4.69) is 22.9 Å². The molecular formula is C20H31N3O2S. The van der Waals surface area contributed by atoms with Crippen molar-refractivity contribution in [1.82, 2.24) is 9.80 Å². The summed E-state index contributed by atoms with van der Waals surface area (Å²) < 4.78 is 0. The molecule has 1 aliphatic heterocycles. The number of piperazine rings is 1. The first-order valence-electron chi connectivity index (χ1n) is 9.97. The maximum atomic E-state index is 11.5. The molecule has 1 saturated carbocycles. The average molecular weight is 378 g/mol. The fourth-order valence-corrected chi connectivity index (χ4v) is 5.23. The van der Waals surface area contributed by atoms with Crippen LogP contribution in [0.5, 0.6) is 0 Å². The predicted molar refractivity (Wildman–Crippen MR) is 108 cm³/mol. The first kappa shape index (κ1) is 19.6. The lowest BCUT2D eigenvalue weighted by atomic mass is 10.0. The third-order valence-electron chi connectivity index (χ3n) is 5.60. The second-order valence-corrected chi connectivity index (χ2v) is 9.03. The zero-order valence-electron chi connectivity index (χ0n) is 15.9. The molecule has 2 fully saturated rings. The Morgan fingerprint density at radius 2 is 1.88 bits per heavy atom. The first-order chi connectivity index (χ1) is 12.6. The highest BCUT2D eigenvalue weighted by Crippen LogP contribution is 2.38. The smallest absolute Gasteiger partial charge is 0.283 e. The van der Waals surface area contributed by atoms with Crippen molar-refractivity contribution in [3.8, 4) is 0 Å². The first-order valence-corrected chi connectivity index (χ1v) is 10.8. The molecule has 0 aromatic heterocycles. The molecule has 26 heavy (non-hydrogen) atoms. The minimum atomic E-state index is -0.199. The van der Waals surface area contributed by atoms with E-state index in [0.717, 1.165) is 56.0 Å². The van der Waals surface area contributed by atoms with Gasteiger partial charge in [0.05, 0.1) is 9.82 Å². The Labute approximate surface area is 161 Å². The molecule has 2 aliphatic rings. The normalized spacial score (nSPS) is 20.3. The zero-order chi connectivity index (χ0) is 18.4. The molecule has 0 radical (unpaired) electrons. The number of thioether (sulfide) groups is 1. The number of nitrogens with zero attached hydrogens (tertiary/aromatic N) is 3. The van der Waals surface area contributed by atoms with Crippen LogP contribution in [-0.2, 0) is 6.42 Å². The van der Waals surface area contributed by atoms with Crippen LogP contribution in [0.1, 0.15) is 44.1 Å². The van der Waals surface area contributed by atoms with E-state index in [1.54, 1.807) is 11.8 Å². The van der Waals surface area contributed by atoms with Crippen LogP contribution in [0.2, 0.25) is 0 Å². The van der Waals surface area contributed by atoms with Crippen molar-refractivity contribution in [2.75, 3.05) is 39.8 Å². The van der Waals surface area contributed by atoms with Crippen LogP contribution in [0.15, 0.2) is 23.1 Å². The van der Waals surface area contributed by atoms with Crippen LogP contribution in [0.25, 0.3) is 0 Å². The van der Waals surface area contributed by atoms with Gasteiger partial charge in [0.2, 0.25) is 0 Å². The molecule has 0 atom stereocenters. The number of hydrogen-bond donors (Lipinski definition) is 0. The van der Waals surface area contributed by atoms with E-state index in [-0.39, 0.29) is 4.92 Å². The van der Waals surface area contributed by atoms with Crippen molar-refractivity contribution < 1.29 is 4.92 Å². The van der Waals surface area contributed by atoms with Gasteiger partial charge in [0.1, 0.15) is 0 Å². The van der Waals surface area contributed by atoms with Gasteiger partial charge in [0.15, 0.2) is 0 Å². The van der Waals surface area contributed by atoms with Gasteiger partial charge in [-0.25, -0.2) is 0 Å². The molecule has 1 aromatic rings. The highest BCUT2D eigenvalue weighted by atomic mass is 32.2. The summed E-state index contributed by atoms with van der Waals surface area (Å²) in [4.78, 5) is 17.1. The summed E-state index contributed by atoms with van der Waals surface area (Å²) in [6.07, 6.45) is 8.19. The second kappa shape index (κ2) is 9.72. The minimum Gasteiger partial charge on any atom is -0.304 e. The number of benzene rings is 1. The SMILES string of the molecule is CN1CCN(CCCc2ccc(SC3CCCCC3)c([N+](=O)[O-])c2)CC1. The molecule has 1 saturated heterocycles. The van der Waals surface area contributed by atoms with E-state index >= 15 is 0 Å². The van der Waals surface area contributed by atoms with Crippen LogP contribution in [0, 0.1) is 10.1 Å². The molecule has 1 aliphatic carbocycles. The van der Waals surface area contributed by atoms with Crippen molar-refractivity contribution in [1.29, 1.82) is 0 Å². The second-order valence-electron chi connectivity index (χ2n) is 7.69. The minimum absolute atomic E-state index is 0.199. The Morgan fingerprint density at radius 1 is 1.15 bits per heavy atom. The van der Waals surface area contributed by atoms with Gasteiger partial charge in [-0.3, -0.25) is 10.1 Å². The molecule has 144 valence electrons. The van der Waals surface area contributed by atoms with Crippen molar-refractivity contribution in [3.05, 3.63) is 33.9 Å². The van der Waals surface area contributed by atoms with Gasteiger partial charge < -0.3 is 9.80 Å². The average Bonchev–Trinajstić information content (AvgIpc) is 2.65. The van der Waals surface area contributed by atoms with Gasteiger partial charge in [0, 0.05) is 37.5 Å². The van der Waals surface area contributed by atoms with E-state index < -0.39 is 0 Å². The third kappa shape index (κ3) is 5.69. The summed E-state index contributed by atoms with van der Waals surface area (Å²) in [5.41, 5.74) is 1.40. The van der Waals surface area contributed by atoms with Gasteiger partial charge >= 0.3 is 0 Å². The Hall–Kier alpha value is -1.11. The number of aryl methyl sites for hydroxylation is 1. The van der Waals surface area contributed by atoms with Crippen molar-refractivity contribution in [3.63, 3.8) is 0 Å². The molecule has 1 aromatic carbocycles. The molecule has 0 bridgehead atoms. The van der Waals surface area contributed by atoms with E-state index in [0.29, 0.717) is 10.9 Å². The van der Waals surface area contributed by atoms with E-state index in [9.17, 15) is 10.1 Å². The number of hydrogen-bond acceptors (Lipinski definition) is 5. The molecule has 0 amide bonds. The summed E-state index contributed by atoms with van der Waals surface area (Å²) in [6, 6.07) is 5.90. The molecule has 1 heterocycles. The molecule has 3 rings (SSSR count). The summed E-state index contributed by atoms with van der Waals surface area (Å²) in [5, 5.41) is 12.1. The zero-order valence-corrected chi connectivity index (χ0v) is 16.7. The Balaban J connectivity index is 1.54. The van der Waals surface area contributed by atoms with E-state index in [1.165, 1.54) is 32.1 Å². The number of nitro groups is 1. The summed E-state index contributed by atoms with van der Waals surface area (Å²) in [7, 11) is 2.17. The van der Waals surface area contributed by atoms with Gasteiger partial charge in [-0.1, -0.05) is 25.3 Å². The quantitative estimate of drug-likeness (QED) is 0.526. The Kier molecular flexibility index (Phi) is 7.34. The molecular weight excluding hydrogens is 346 g/mol. The third-order valence-corrected chi connectivity index (χ3v) is 7.01. The van der Waals surface area contributed by atoms with Crippen LogP contribution in [-0.4, -0.2) is 59.7 Å². The van der Waals surface area contributed by atoms with Gasteiger partial charge in [-0.15, -0.1) is 11.8 Å². The standard InChI is InChI=1S/C20H31N3O2S/c1-21-12-14-22(15-13-21)11-5-6-17-9-10-20(19(16-17)23(24)25)26-18-7-3-2-4-8-18/h9-10,16,18H,2-8,11-15H2,1H3. The molecule has 0 spiro atoms. The maximum absolute atomic E-state index is 11.5. The summed E-state index contributed by atoms with van der Waals surface area (Å²) in [6.45, 7) is 5.62. The molecule has 0 unspecified atom stereocenters. The number of rotatable bonds is 7. The molecule has 5 nitrogen and oxygen atoms in total. The fourth-order valence-electron chi connectivity index (χ4n) is 3.90. The van der Waals surface area contributed by atoms with Gasteiger partial charge in [-0.05, 0) is 50.9 Å². The van der Waals surface area contributed by atoms with E-state index in [1.807, 2.05) is 12.1 Å². The van der Waals surface area contributed by atoms with Gasteiger partial charge in [0.25, 0.3) is 5.69 Å². The largest absolute Gasteiger partial charge is 0.304 e. The highest BCUT2D eigenvalue weighted by molar-refractivity contribution is 8.00. The molecule has 0 N–H and O–H groups in total. The lowest BCUT2D eigenvalue weighted by molar-refractivity contribution is -0.387. The number of likely N-dealkylation sites (N-methyl/N-ethyl adjacent to an activating group) is 1. The lowest BCUT2D eigenvalue weighted by Gasteiger charge is -2.32. The topological polar surface area (TPSA) is 49.6 Å². The Bertz CT molecular complexity index is 597. The summed E-state index contributed by atoms with van der Waals surface area (Å²) in [5.74, 6) is 0. The lowest BCUT2D eigenvalue weighted by Crippen LogP contribution is -2.44. The summed E-state index contributed by atoms with van der Waals surface area (Å²) >= 11 is 1.72. The van der Waals surface area contributed by atoms with Crippen LogP contribution in [0.4, 0.5) is 5.69 Å². The van der Waals surface area contributed by atoms with Gasteiger partial charge in [-0.2, -0.15) is 0 Å². The monoisotopic (exact) mass is 377 g/mol. The fraction of sp³-hybridized carbons (Fsp3) is 0.700. The van der Waals surface area contributed by atoms with Crippen molar-refractivity contribution in [2.45, 2.75) is 55.1 Å². The molecule has 6 heteroatoms. The van der Waals surface area contributed by atoms with Crippen molar-refractivity contribution in [2.24, 2.45) is 0 Å². The van der Waals surface area contributed by atoms with Crippen LogP contribution < -0.4 is 0 Å². The Morgan fingerprint density at radius 3 is 2.58 bits per heavy atom. The van der Waals surface area contributed by atoms with Crippen molar-refractivity contribution >= 4 is 17.4 Å². The van der Waals surface area contributed by atoms with E-state index in [4.69, 9.17) is 0 Å².